The summed E-state index contributed by atoms with van der Waals surface area (Å²) in [5.41, 5.74) is 2.03. The molecule has 0 unspecified atom stereocenters. The van der Waals surface area contributed by atoms with Crippen LogP contribution in [-0.2, 0) is 10.0 Å². The number of carbonyl (C=O) groups excluding carboxylic acids is 1. The van der Waals surface area contributed by atoms with Crippen LogP contribution in [0.5, 0.6) is 0 Å². The Kier molecular flexibility index (Phi) is 3.87. The van der Waals surface area contributed by atoms with Crippen LogP contribution in [0.4, 0.5) is 5.69 Å². The third-order valence-corrected chi connectivity index (χ3v) is 3.65. The highest BCUT2D eigenvalue weighted by atomic mass is 32.2. The third kappa shape index (κ3) is 3.43. The molecule has 3 N–H and O–H groups in total. The molecule has 0 radical (unpaired) electrons. The van der Waals surface area contributed by atoms with E-state index in [1.54, 1.807) is 18.2 Å². The molecule has 6 heteroatoms. The van der Waals surface area contributed by atoms with Crippen LogP contribution in [0.2, 0.25) is 0 Å². The first-order valence-electron chi connectivity index (χ1n) is 5.87. The summed E-state index contributed by atoms with van der Waals surface area (Å²) in [5, 5.41) is 7.69. The second kappa shape index (κ2) is 5.44. The van der Waals surface area contributed by atoms with Crippen molar-refractivity contribution in [2.45, 2.75) is 11.8 Å². The minimum atomic E-state index is -3.72. The Morgan fingerprint density at radius 1 is 1.10 bits per heavy atom. The molecule has 0 saturated carbocycles. The number of nitrogens with two attached hydrogens (primary N) is 1. The van der Waals surface area contributed by atoms with Gasteiger partial charge in [0, 0.05) is 11.3 Å². The number of primary sulfonamides is 1. The zero-order chi connectivity index (χ0) is 14.8. The van der Waals surface area contributed by atoms with Crippen molar-refractivity contribution < 1.29 is 13.2 Å². The normalized spacial score (nSPS) is 11.1. The first-order chi connectivity index (χ1) is 9.36. The van der Waals surface area contributed by atoms with E-state index >= 15 is 0 Å². The lowest BCUT2D eigenvalue weighted by Gasteiger charge is -2.06. The summed E-state index contributed by atoms with van der Waals surface area (Å²) in [7, 11) is -3.72. The molecule has 0 atom stereocenters. The molecule has 0 aliphatic heterocycles. The fourth-order valence-electron chi connectivity index (χ4n) is 1.72. The molecular weight excluding hydrogens is 276 g/mol. The lowest BCUT2D eigenvalue weighted by atomic mass is 10.1. The van der Waals surface area contributed by atoms with Crippen molar-refractivity contribution in [3.05, 3.63) is 59.7 Å². The smallest absolute Gasteiger partial charge is 0.255 e. The van der Waals surface area contributed by atoms with Crippen molar-refractivity contribution >= 4 is 21.6 Å². The minimum Gasteiger partial charge on any atom is -0.322 e. The topological polar surface area (TPSA) is 89.3 Å². The number of benzene rings is 2. The van der Waals surface area contributed by atoms with Gasteiger partial charge in [-0.25, -0.2) is 13.6 Å². The van der Waals surface area contributed by atoms with Gasteiger partial charge in [-0.3, -0.25) is 4.79 Å². The van der Waals surface area contributed by atoms with Gasteiger partial charge in [-0.05, 0) is 43.3 Å². The third-order valence-electron chi connectivity index (χ3n) is 2.72. The molecule has 20 heavy (non-hydrogen) atoms. The molecule has 2 aromatic carbocycles. The molecule has 0 fully saturated rings. The Bertz CT molecular complexity index is 737. The maximum Gasteiger partial charge on any atom is 0.255 e. The van der Waals surface area contributed by atoms with Crippen molar-refractivity contribution in [3.8, 4) is 0 Å². The number of nitrogens with one attached hydrogen (secondary N) is 1. The van der Waals surface area contributed by atoms with Crippen LogP contribution in [0.15, 0.2) is 53.4 Å². The van der Waals surface area contributed by atoms with Crippen LogP contribution in [0.25, 0.3) is 0 Å². The van der Waals surface area contributed by atoms with Gasteiger partial charge in [0.25, 0.3) is 5.91 Å². The largest absolute Gasteiger partial charge is 0.322 e. The molecular formula is C14H14N2O3S. The van der Waals surface area contributed by atoms with Crippen LogP contribution < -0.4 is 10.5 Å². The van der Waals surface area contributed by atoms with Gasteiger partial charge in [-0.2, -0.15) is 0 Å². The summed E-state index contributed by atoms with van der Waals surface area (Å²) < 4.78 is 22.2. The first kappa shape index (κ1) is 14.2. The molecule has 1 amide bonds. The van der Waals surface area contributed by atoms with E-state index in [1.807, 2.05) is 13.0 Å². The summed E-state index contributed by atoms with van der Waals surface area (Å²) in [6.45, 7) is 1.90. The minimum absolute atomic E-state index is 0.00561. The van der Waals surface area contributed by atoms with Crippen LogP contribution in [-0.4, -0.2) is 14.3 Å². The van der Waals surface area contributed by atoms with Crippen LogP contribution in [0.1, 0.15) is 15.9 Å². The van der Waals surface area contributed by atoms with Gasteiger partial charge in [0.05, 0.1) is 4.90 Å². The standard InChI is InChI=1S/C14H14N2O3S/c1-10-3-2-4-11(9-10)14(17)16-12-5-7-13(8-6-12)20(15,18)19/h2-9H,1H3,(H,16,17)(H2,15,18,19). The first-order valence-corrected chi connectivity index (χ1v) is 7.42. The number of amides is 1. The van der Waals surface area contributed by atoms with E-state index in [-0.39, 0.29) is 10.8 Å². The van der Waals surface area contributed by atoms with Crippen molar-refractivity contribution in [1.29, 1.82) is 0 Å². The molecule has 0 saturated heterocycles. The van der Waals surface area contributed by atoms with E-state index in [0.717, 1.165) is 5.56 Å². The highest BCUT2D eigenvalue weighted by molar-refractivity contribution is 7.89. The predicted molar refractivity (Wildman–Crippen MR) is 76.9 cm³/mol. The fraction of sp³-hybridized carbons (Fsp3) is 0.0714. The molecule has 0 spiro atoms. The molecule has 0 aliphatic rings. The zero-order valence-corrected chi connectivity index (χ0v) is 11.6. The van der Waals surface area contributed by atoms with Crippen molar-refractivity contribution in [1.82, 2.24) is 0 Å². The molecule has 104 valence electrons. The molecule has 5 nitrogen and oxygen atoms in total. The van der Waals surface area contributed by atoms with E-state index in [0.29, 0.717) is 11.3 Å². The van der Waals surface area contributed by atoms with E-state index < -0.39 is 10.0 Å². The van der Waals surface area contributed by atoms with Crippen molar-refractivity contribution in [3.63, 3.8) is 0 Å². The summed E-state index contributed by atoms with van der Waals surface area (Å²) in [5.74, 6) is -0.253. The Labute approximate surface area is 117 Å². The Morgan fingerprint density at radius 2 is 1.75 bits per heavy atom. The van der Waals surface area contributed by atoms with Gasteiger partial charge < -0.3 is 5.32 Å². The molecule has 0 aliphatic carbocycles. The number of carbonyl (C=O) groups is 1. The van der Waals surface area contributed by atoms with E-state index in [2.05, 4.69) is 5.32 Å². The number of aryl methyl sites for hydroxylation is 1. The maximum absolute atomic E-state index is 12.0. The molecule has 2 rings (SSSR count). The summed E-state index contributed by atoms with van der Waals surface area (Å²) in [6, 6.07) is 12.9. The van der Waals surface area contributed by atoms with Crippen LogP contribution >= 0.6 is 0 Å². The zero-order valence-electron chi connectivity index (χ0n) is 10.8. The number of anilines is 1. The monoisotopic (exact) mass is 290 g/mol. The van der Waals surface area contributed by atoms with Gasteiger partial charge in [0.2, 0.25) is 10.0 Å². The second-order valence-electron chi connectivity index (χ2n) is 4.39. The lowest BCUT2D eigenvalue weighted by molar-refractivity contribution is 0.102. The maximum atomic E-state index is 12.0. The molecule has 2 aromatic rings. The van der Waals surface area contributed by atoms with E-state index in [9.17, 15) is 13.2 Å². The average Bonchev–Trinajstić information content (AvgIpc) is 2.38. The summed E-state index contributed by atoms with van der Waals surface area (Å²) >= 11 is 0. The van der Waals surface area contributed by atoms with Crippen LogP contribution in [0.3, 0.4) is 0 Å². The highest BCUT2D eigenvalue weighted by Gasteiger charge is 2.09. The van der Waals surface area contributed by atoms with Crippen LogP contribution in [0, 0.1) is 6.92 Å². The van der Waals surface area contributed by atoms with Crippen molar-refractivity contribution in [2.24, 2.45) is 5.14 Å². The quantitative estimate of drug-likeness (QED) is 0.904. The number of rotatable bonds is 3. The number of sulfonamides is 1. The Morgan fingerprint density at radius 3 is 2.30 bits per heavy atom. The average molecular weight is 290 g/mol. The number of hydrogen-bond acceptors (Lipinski definition) is 3. The summed E-state index contributed by atoms with van der Waals surface area (Å²) in [4.78, 5) is 12.0. The highest BCUT2D eigenvalue weighted by Crippen LogP contribution is 2.14. The molecule has 0 bridgehead atoms. The van der Waals surface area contributed by atoms with Gasteiger partial charge in [0.1, 0.15) is 0 Å². The van der Waals surface area contributed by atoms with Gasteiger partial charge in [-0.15, -0.1) is 0 Å². The van der Waals surface area contributed by atoms with Gasteiger partial charge in [-0.1, -0.05) is 17.7 Å². The fourth-order valence-corrected chi connectivity index (χ4v) is 2.23. The Balaban J connectivity index is 2.16. The van der Waals surface area contributed by atoms with E-state index in [4.69, 9.17) is 5.14 Å². The SMILES string of the molecule is Cc1cccc(C(=O)Nc2ccc(S(N)(=O)=O)cc2)c1. The van der Waals surface area contributed by atoms with Gasteiger partial charge in [0.15, 0.2) is 0 Å². The summed E-state index contributed by atoms with van der Waals surface area (Å²) in [6.07, 6.45) is 0. The lowest BCUT2D eigenvalue weighted by Crippen LogP contribution is -2.13. The molecule has 0 aromatic heterocycles. The molecule has 0 heterocycles. The van der Waals surface area contributed by atoms with Crippen molar-refractivity contribution in [2.75, 3.05) is 5.32 Å². The van der Waals surface area contributed by atoms with Gasteiger partial charge >= 0.3 is 0 Å². The van der Waals surface area contributed by atoms with E-state index in [1.165, 1.54) is 24.3 Å². The Hall–Kier alpha value is -2.18. The predicted octanol–water partition coefficient (Wildman–Crippen LogP) is 1.89. The number of hydrogen-bond donors (Lipinski definition) is 2. The second-order valence-corrected chi connectivity index (χ2v) is 5.95.